The first-order chi connectivity index (χ1) is 16.6. The second-order valence-electron chi connectivity index (χ2n) is 8.66. The number of carbonyl (C=O) groups is 4. The van der Waals surface area contributed by atoms with Crippen LogP contribution in [0.4, 0.5) is 0 Å². The highest BCUT2D eigenvalue weighted by Gasteiger charge is 2.22. The maximum Gasteiger partial charge on any atom is 0.323 e. The van der Waals surface area contributed by atoms with Gasteiger partial charge in [0.05, 0.1) is 13.0 Å². The molecule has 1 rings (SSSR count). The number of benzene rings is 1. The van der Waals surface area contributed by atoms with Crippen LogP contribution in [-0.2, 0) is 35.1 Å². The topological polar surface area (TPSA) is 117 Å². The lowest BCUT2D eigenvalue weighted by Gasteiger charge is -2.19. The third kappa shape index (κ3) is 10.9. The van der Waals surface area contributed by atoms with Crippen LogP contribution in [0.5, 0.6) is 11.5 Å². The van der Waals surface area contributed by atoms with Crippen molar-refractivity contribution in [2.24, 2.45) is 11.8 Å². The van der Waals surface area contributed by atoms with Crippen LogP contribution < -0.4 is 14.8 Å². The smallest absolute Gasteiger partial charge is 0.323 e. The largest absolute Gasteiger partial charge is 0.468 e. The van der Waals surface area contributed by atoms with Crippen molar-refractivity contribution in [3.05, 3.63) is 23.8 Å². The molecule has 9 nitrogen and oxygen atoms in total. The van der Waals surface area contributed by atoms with Crippen LogP contribution >= 0.6 is 0 Å². The molecule has 9 heteroatoms. The molecule has 0 bridgehead atoms. The highest BCUT2D eigenvalue weighted by atomic mass is 16.6. The number of esters is 4. The molecule has 1 aromatic carbocycles. The summed E-state index contributed by atoms with van der Waals surface area (Å²) < 4.78 is 21.0. The number of carbonyl (C=O) groups excluding carboxylic acids is 4. The van der Waals surface area contributed by atoms with Crippen LogP contribution in [0.15, 0.2) is 18.2 Å². The molecular formula is C26H39NO8. The molecule has 0 aliphatic carbocycles. The van der Waals surface area contributed by atoms with Gasteiger partial charge in [-0.1, -0.05) is 40.7 Å². The first kappa shape index (κ1) is 30.1. The van der Waals surface area contributed by atoms with Gasteiger partial charge in [0, 0.05) is 19.4 Å². The summed E-state index contributed by atoms with van der Waals surface area (Å²) in [6, 6.07) is 4.08. The Morgan fingerprint density at radius 3 is 2.03 bits per heavy atom. The standard InChI is InChI=1S/C26H39NO8/c1-7-9-23(28)34-21-12-11-19(16-22(21)35-24(29)10-8-2)15-20(26(31)32-6)27-13-14-33-25(30)18(5)17(3)4/h11-12,16-18,20,27H,7-10,13-15H2,1-6H3/t18?,20-/m0/s1. The van der Waals surface area contributed by atoms with E-state index >= 15 is 0 Å². The molecule has 1 N–H and O–H groups in total. The first-order valence-corrected chi connectivity index (χ1v) is 12.1. The van der Waals surface area contributed by atoms with E-state index in [0.717, 1.165) is 0 Å². The molecule has 0 aliphatic heterocycles. The van der Waals surface area contributed by atoms with Crippen molar-refractivity contribution >= 4 is 23.9 Å². The van der Waals surface area contributed by atoms with Gasteiger partial charge in [0.15, 0.2) is 11.5 Å². The zero-order chi connectivity index (χ0) is 26.4. The van der Waals surface area contributed by atoms with E-state index in [1.54, 1.807) is 18.2 Å². The molecular weight excluding hydrogens is 454 g/mol. The predicted octanol–water partition coefficient (Wildman–Crippen LogP) is 3.61. The molecule has 0 saturated carbocycles. The normalized spacial score (nSPS) is 12.5. The summed E-state index contributed by atoms with van der Waals surface area (Å²) in [6.45, 7) is 9.77. The lowest BCUT2D eigenvalue weighted by atomic mass is 9.99. The van der Waals surface area contributed by atoms with Crippen LogP contribution in [0, 0.1) is 11.8 Å². The lowest BCUT2D eigenvalue weighted by molar-refractivity contribution is -0.149. The first-order valence-electron chi connectivity index (χ1n) is 12.1. The van der Waals surface area contributed by atoms with E-state index < -0.39 is 23.9 Å². The third-order valence-electron chi connectivity index (χ3n) is 5.40. The molecule has 1 unspecified atom stereocenters. The number of ether oxygens (including phenoxy) is 4. The fraction of sp³-hybridized carbons (Fsp3) is 0.615. The number of methoxy groups -OCH3 is 1. The van der Waals surface area contributed by atoms with E-state index in [1.807, 2.05) is 34.6 Å². The van der Waals surface area contributed by atoms with Gasteiger partial charge in [0.25, 0.3) is 0 Å². The second-order valence-corrected chi connectivity index (χ2v) is 8.66. The van der Waals surface area contributed by atoms with Crippen LogP contribution in [0.1, 0.15) is 65.9 Å². The van der Waals surface area contributed by atoms with E-state index in [4.69, 9.17) is 18.9 Å². The minimum Gasteiger partial charge on any atom is -0.468 e. The molecule has 0 saturated heterocycles. The fourth-order valence-electron chi connectivity index (χ4n) is 3.00. The van der Waals surface area contributed by atoms with E-state index in [9.17, 15) is 19.2 Å². The summed E-state index contributed by atoms with van der Waals surface area (Å²) in [4.78, 5) is 48.4. The lowest BCUT2D eigenvalue weighted by Crippen LogP contribution is -2.41. The van der Waals surface area contributed by atoms with Crippen LogP contribution in [-0.4, -0.2) is 50.2 Å². The summed E-state index contributed by atoms with van der Waals surface area (Å²) in [5, 5.41) is 3.04. The number of rotatable bonds is 15. The highest BCUT2D eigenvalue weighted by molar-refractivity contribution is 5.77. The average Bonchev–Trinajstić information content (AvgIpc) is 2.81. The van der Waals surface area contributed by atoms with Gasteiger partial charge in [-0.2, -0.15) is 0 Å². The van der Waals surface area contributed by atoms with Crippen molar-refractivity contribution in [3.63, 3.8) is 0 Å². The van der Waals surface area contributed by atoms with Crippen molar-refractivity contribution in [2.45, 2.75) is 72.8 Å². The monoisotopic (exact) mass is 493 g/mol. The minimum atomic E-state index is -0.728. The molecule has 0 aliphatic rings. The Kier molecular flexibility index (Phi) is 13.6. The molecule has 0 fully saturated rings. The fourth-order valence-corrected chi connectivity index (χ4v) is 3.00. The van der Waals surface area contributed by atoms with Gasteiger partial charge in [0.1, 0.15) is 12.6 Å². The van der Waals surface area contributed by atoms with Crippen molar-refractivity contribution < 1.29 is 38.1 Å². The highest BCUT2D eigenvalue weighted by Crippen LogP contribution is 2.30. The predicted molar refractivity (Wildman–Crippen MR) is 130 cm³/mol. The zero-order valence-corrected chi connectivity index (χ0v) is 21.7. The van der Waals surface area contributed by atoms with Crippen molar-refractivity contribution in [2.75, 3.05) is 20.3 Å². The number of hydrogen-bond donors (Lipinski definition) is 1. The minimum absolute atomic E-state index is 0.107. The van der Waals surface area contributed by atoms with E-state index in [2.05, 4.69) is 5.32 Å². The van der Waals surface area contributed by atoms with Gasteiger partial charge in [0.2, 0.25) is 0 Å². The Labute approximate surface area is 207 Å². The Morgan fingerprint density at radius 2 is 1.49 bits per heavy atom. The maximum absolute atomic E-state index is 12.3. The molecule has 196 valence electrons. The Bertz CT molecular complexity index is 852. The van der Waals surface area contributed by atoms with Gasteiger partial charge in [-0.05, 0) is 42.9 Å². The molecule has 2 atom stereocenters. The molecule has 35 heavy (non-hydrogen) atoms. The van der Waals surface area contributed by atoms with Gasteiger partial charge in [-0.3, -0.25) is 19.2 Å². The van der Waals surface area contributed by atoms with Crippen molar-refractivity contribution in [1.29, 1.82) is 0 Å². The van der Waals surface area contributed by atoms with E-state index in [-0.39, 0.29) is 61.7 Å². The summed E-state index contributed by atoms with van der Waals surface area (Å²) >= 11 is 0. The average molecular weight is 494 g/mol. The van der Waals surface area contributed by atoms with Gasteiger partial charge in [-0.25, -0.2) is 0 Å². The van der Waals surface area contributed by atoms with Crippen LogP contribution in [0.3, 0.4) is 0 Å². The number of hydrogen-bond acceptors (Lipinski definition) is 9. The Balaban J connectivity index is 2.93. The number of nitrogens with one attached hydrogen (secondary N) is 1. The van der Waals surface area contributed by atoms with Crippen molar-refractivity contribution in [1.82, 2.24) is 5.32 Å². The van der Waals surface area contributed by atoms with Crippen LogP contribution in [0.25, 0.3) is 0 Å². The molecule has 0 heterocycles. The molecule has 0 radical (unpaired) electrons. The Morgan fingerprint density at radius 1 is 0.886 bits per heavy atom. The van der Waals surface area contributed by atoms with E-state index in [0.29, 0.717) is 18.4 Å². The molecule has 0 amide bonds. The summed E-state index contributed by atoms with van der Waals surface area (Å²) in [5.74, 6) is -1.44. The Hall–Kier alpha value is -2.94. The van der Waals surface area contributed by atoms with Gasteiger partial charge >= 0.3 is 23.9 Å². The molecule has 0 spiro atoms. The van der Waals surface area contributed by atoms with Gasteiger partial charge in [-0.15, -0.1) is 0 Å². The SMILES string of the molecule is CCCC(=O)Oc1ccc(C[C@H](NCCOC(=O)C(C)C(C)C)C(=O)OC)cc1OC(=O)CCC. The van der Waals surface area contributed by atoms with Crippen LogP contribution in [0.2, 0.25) is 0 Å². The summed E-state index contributed by atoms with van der Waals surface area (Å²) in [7, 11) is 1.29. The van der Waals surface area contributed by atoms with Crippen molar-refractivity contribution in [3.8, 4) is 11.5 Å². The summed E-state index contributed by atoms with van der Waals surface area (Å²) in [6.07, 6.45) is 1.90. The van der Waals surface area contributed by atoms with E-state index in [1.165, 1.54) is 7.11 Å². The molecule has 0 aromatic heterocycles. The zero-order valence-electron chi connectivity index (χ0n) is 21.7. The van der Waals surface area contributed by atoms with Gasteiger partial charge < -0.3 is 24.3 Å². The molecule has 1 aromatic rings. The second kappa shape index (κ2) is 15.9. The maximum atomic E-state index is 12.3. The third-order valence-corrected chi connectivity index (χ3v) is 5.40. The summed E-state index contributed by atoms with van der Waals surface area (Å²) in [5.41, 5.74) is 0.660. The quantitative estimate of drug-likeness (QED) is 0.222.